The number of anilines is 2. The third-order valence-electron chi connectivity index (χ3n) is 10.1. The van der Waals surface area contributed by atoms with Crippen LogP contribution in [0.25, 0.3) is 0 Å². The van der Waals surface area contributed by atoms with Gasteiger partial charge in [-0.25, -0.2) is 0 Å². The van der Waals surface area contributed by atoms with Gasteiger partial charge in [0.25, 0.3) is 0 Å². The van der Waals surface area contributed by atoms with Gasteiger partial charge in [-0.15, -0.1) is 0 Å². The highest BCUT2D eigenvalue weighted by Crippen LogP contribution is 2.60. The Morgan fingerprint density at radius 2 is 1.26 bits per heavy atom. The summed E-state index contributed by atoms with van der Waals surface area (Å²) in [5, 5.41) is 50.1. The van der Waals surface area contributed by atoms with Gasteiger partial charge >= 0.3 is 14.2 Å². The van der Waals surface area contributed by atoms with Gasteiger partial charge in [-0.05, 0) is 66.1 Å². The quantitative estimate of drug-likeness (QED) is 0.138. The Balaban J connectivity index is 1.35. The molecule has 7 rings (SSSR count). The van der Waals surface area contributed by atoms with Crippen LogP contribution in [0.1, 0.15) is 24.3 Å². The Kier molecular flexibility index (Phi) is 7.55. The molecule has 0 unspecified atom stereocenters. The molecule has 4 aliphatic rings. The number of allylic oxidation sites excluding steroid dienone is 2. The lowest BCUT2D eigenvalue weighted by Gasteiger charge is -2.44. The molecule has 4 amide bonds. The lowest BCUT2D eigenvalue weighted by molar-refractivity contribution is -0.126. The molecule has 0 bridgehead atoms. The molecule has 14 heteroatoms. The van der Waals surface area contributed by atoms with E-state index < -0.39 is 73.4 Å². The Labute approximate surface area is 269 Å². The number of benzene rings is 3. The second-order valence-electron chi connectivity index (χ2n) is 12.4. The first-order valence-corrected chi connectivity index (χ1v) is 15.3. The van der Waals surface area contributed by atoms with Gasteiger partial charge in [0.15, 0.2) is 0 Å². The number of aromatic hydroxyl groups is 1. The number of rotatable bonds is 6. The van der Waals surface area contributed by atoms with Gasteiger partial charge in [0.05, 0.1) is 42.2 Å². The molecule has 0 spiro atoms. The number of nitrogens with zero attached hydrogens (tertiary/aromatic N) is 2. The molecule has 3 fully saturated rings. The third-order valence-corrected chi connectivity index (χ3v) is 10.1. The predicted molar refractivity (Wildman–Crippen MR) is 170 cm³/mol. The Morgan fingerprint density at radius 1 is 0.702 bits per heavy atom. The van der Waals surface area contributed by atoms with Crippen LogP contribution in [-0.2, 0) is 19.2 Å². The fourth-order valence-electron chi connectivity index (χ4n) is 8.09. The zero-order chi connectivity index (χ0) is 33.3. The zero-order valence-electron chi connectivity index (χ0n) is 25.1. The Morgan fingerprint density at radius 3 is 1.83 bits per heavy atom. The van der Waals surface area contributed by atoms with Crippen molar-refractivity contribution in [3.8, 4) is 11.5 Å². The molecule has 238 valence electrons. The lowest BCUT2D eigenvalue weighted by atomic mass is 9.57. The first-order valence-electron chi connectivity index (χ1n) is 15.3. The van der Waals surface area contributed by atoms with E-state index in [-0.39, 0.29) is 46.6 Å². The van der Waals surface area contributed by atoms with Gasteiger partial charge in [-0.2, -0.15) is 0 Å². The molecular weight excluding hydrogens is 606 g/mol. The van der Waals surface area contributed by atoms with Crippen LogP contribution in [0.4, 0.5) is 11.4 Å². The summed E-state index contributed by atoms with van der Waals surface area (Å²) >= 11 is 0. The molecule has 2 aliphatic carbocycles. The van der Waals surface area contributed by atoms with Crippen molar-refractivity contribution in [2.24, 2.45) is 29.6 Å². The number of methoxy groups -OCH3 is 1. The van der Waals surface area contributed by atoms with E-state index in [9.17, 15) is 44.4 Å². The molecule has 2 aliphatic heterocycles. The maximum Gasteiger partial charge on any atom is 0.488 e. The van der Waals surface area contributed by atoms with Crippen molar-refractivity contribution < 1.29 is 49.1 Å². The summed E-state index contributed by atoms with van der Waals surface area (Å²) in [5.74, 6) is -7.00. The van der Waals surface area contributed by atoms with Crippen LogP contribution in [0, 0.1) is 29.6 Å². The molecule has 12 nitrogen and oxygen atoms in total. The highest BCUT2D eigenvalue weighted by atomic mass is 16.5. The number of fused-ring (bicyclic) bond motifs is 4. The summed E-state index contributed by atoms with van der Waals surface area (Å²) in [6.07, 6.45) is 2.09. The molecule has 5 N–H and O–H groups in total. The molecular formula is C33H30B2N2O10. The standard InChI is InChI=1S/C33H30B2N2O10/c1-47-25-10-4-9-24(38)29(25)27-20-11-12-21-26(32(41)36(30(21)39)18-7-2-5-16(13-18)34(43)44)22(20)15-23-28(27)33(42)37(31(23)40)19-8-3-6-17(14-19)35(45)46/h2-11,13-14,21-23,26-28,38,43-46H,12,15H2,1H3/t21-,22+,23+,26-,27-,28+/m0/s1. The minimum atomic E-state index is -1.83. The van der Waals surface area contributed by atoms with Crippen LogP contribution < -0.4 is 25.5 Å². The van der Waals surface area contributed by atoms with Crippen LogP contribution in [0.5, 0.6) is 11.5 Å². The predicted octanol–water partition coefficient (Wildman–Crippen LogP) is -0.194. The maximum absolute atomic E-state index is 14.3. The number of ether oxygens (including phenoxy) is 1. The first kappa shape index (κ1) is 30.9. The molecule has 3 aromatic rings. The van der Waals surface area contributed by atoms with Crippen molar-refractivity contribution in [1.29, 1.82) is 0 Å². The van der Waals surface area contributed by atoms with E-state index in [0.717, 1.165) is 9.80 Å². The van der Waals surface area contributed by atoms with Crippen molar-refractivity contribution in [2.75, 3.05) is 16.9 Å². The highest BCUT2D eigenvalue weighted by molar-refractivity contribution is 6.59. The molecule has 6 atom stereocenters. The van der Waals surface area contributed by atoms with E-state index in [1.54, 1.807) is 12.1 Å². The summed E-state index contributed by atoms with van der Waals surface area (Å²) in [5.41, 5.74) is 1.49. The fourth-order valence-corrected chi connectivity index (χ4v) is 8.09. The number of imide groups is 2. The van der Waals surface area contributed by atoms with Gasteiger partial charge < -0.3 is 29.9 Å². The minimum absolute atomic E-state index is 0.0791. The van der Waals surface area contributed by atoms with Gasteiger partial charge in [-0.3, -0.25) is 29.0 Å². The van der Waals surface area contributed by atoms with Crippen LogP contribution in [-0.4, -0.2) is 70.2 Å². The van der Waals surface area contributed by atoms with Crippen molar-refractivity contribution in [3.05, 3.63) is 83.9 Å². The SMILES string of the molecule is COc1cccc(O)c1[C@H]1C2=CC[C@@H]3C(=O)N(c4cccc(B(O)O)c4)C(=O)[C@@H]3[C@@H]2C[C@H]2C(=O)N(c3cccc(B(O)O)c3)C(=O)[C@@H]12. The summed E-state index contributed by atoms with van der Waals surface area (Å²) < 4.78 is 5.63. The Bertz CT molecular complexity index is 1860. The summed E-state index contributed by atoms with van der Waals surface area (Å²) in [6, 6.07) is 16.4. The third kappa shape index (κ3) is 4.70. The largest absolute Gasteiger partial charge is 0.508 e. The molecule has 1 saturated carbocycles. The van der Waals surface area contributed by atoms with Gasteiger partial charge in [-0.1, -0.05) is 42.0 Å². The molecule has 0 radical (unpaired) electrons. The smallest absolute Gasteiger partial charge is 0.488 e. The first-order chi connectivity index (χ1) is 22.5. The number of carbonyl (C=O) groups is 4. The monoisotopic (exact) mass is 636 g/mol. The van der Waals surface area contributed by atoms with E-state index in [2.05, 4.69) is 0 Å². The number of phenolic OH excluding ortho intramolecular Hbond substituents is 1. The van der Waals surface area contributed by atoms with E-state index in [0.29, 0.717) is 11.1 Å². The molecule has 0 aromatic heterocycles. The number of carbonyl (C=O) groups excluding carboxylic acids is 4. The average molecular weight is 636 g/mol. The molecule has 2 heterocycles. The lowest BCUT2D eigenvalue weighted by Crippen LogP contribution is -2.43. The fraction of sp³-hybridized carbons (Fsp3) is 0.273. The summed E-state index contributed by atoms with van der Waals surface area (Å²) in [6.45, 7) is 0. The van der Waals surface area contributed by atoms with E-state index in [1.807, 2.05) is 6.08 Å². The van der Waals surface area contributed by atoms with Crippen LogP contribution in [0.3, 0.4) is 0 Å². The topological polar surface area (TPSA) is 185 Å². The van der Waals surface area contributed by atoms with E-state index in [1.165, 1.54) is 61.7 Å². The van der Waals surface area contributed by atoms with Crippen molar-refractivity contribution in [2.45, 2.75) is 18.8 Å². The van der Waals surface area contributed by atoms with Crippen molar-refractivity contribution in [3.63, 3.8) is 0 Å². The number of hydrogen-bond donors (Lipinski definition) is 5. The summed E-state index contributed by atoms with van der Waals surface area (Å²) in [7, 11) is -2.21. The molecule has 2 saturated heterocycles. The molecule has 3 aromatic carbocycles. The normalized spacial score (nSPS) is 26.5. The number of hydrogen-bond acceptors (Lipinski definition) is 10. The van der Waals surface area contributed by atoms with E-state index >= 15 is 0 Å². The van der Waals surface area contributed by atoms with Gasteiger partial charge in [0, 0.05) is 11.5 Å². The van der Waals surface area contributed by atoms with E-state index in [4.69, 9.17) is 4.74 Å². The number of phenols is 1. The second kappa shape index (κ2) is 11.5. The van der Waals surface area contributed by atoms with Crippen LogP contribution in [0.15, 0.2) is 78.4 Å². The number of amides is 4. The van der Waals surface area contributed by atoms with Gasteiger partial charge in [0.2, 0.25) is 23.6 Å². The molecule has 47 heavy (non-hydrogen) atoms. The highest BCUT2D eigenvalue weighted by Gasteiger charge is 2.63. The Hall–Kier alpha value is -4.75. The van der Waals surface area contributed by atoms with Crippen LogP contribution in [0.2, 0.25) is 0 Å². The van der Waals surface area contributed by atoms with Gasteiger partial charge in [0.1, 0.15) is 11.5 Å². The van der Waals surface area contributed by atoms with Crippen molar-refractivity contribution >= 4 is 60.2 Å². The second-order valence-corrected chi connectivity index (χ2v) is 12.4. The summed E-state index contributed by atoms with van der Waals surface area (Å²) in [4.78, 5) is 58.6. The van der Waals surface area contributed by atoms with Crippen LogP contribution >= 0.6 is 0 Å². The minimum Gasteiger partial charge on any atom is -0.508 e. The maximum atomic E-state index is 14.3. The average Bonchev–Trinajstić information content (AvgIpc) is 3.47. The zero-order valence-corrected chi connectivity index (χ0v) is 25.1. The van der Waals surface area contributed by atoms with Crippen molar-refractivity contribution in [1.82, 2.24) is 0 Å².